The molecule has 0 nitrogen and oxygen atoms in total. The van der Waals surface area contributed by atoms with Crippen molar-refractivity contribution >= 4 is 0 Å². The van der Waals surface area contributed by atoms with Crippen LogP contribution in [-0.2, 0) is 51.4 Å². The lowest BCUT2D eigenvalue weighted by atomic mass is 9.71. The number of fused-ring (bicyclic) bond motifs is 7. The van der Waals surface area contributed by atoms with Crippen molar-refractivity contribution in [3.63, 3.8) is 0 Å². The fraction of sp³-hybridized carbons (Fsp3) is 0.763. The zero-order chi connectivity index (χ0) is 51.9. The van der Waals surface area contributed by atoms with Gasteiger partial charge in [0, 0.05) is 0 Å². The summed E-state index contributed by atoms with van der Waals surface area (Å²) in [6, 6.07) is 22.5. The molecule has 0 aliphatic heterocycles. The van der Waals surface area contributed by atoms with Crippen LogP contribution in [-0.4, -0.2) is 0 Å². The monoisotopic (exact) mass is 1030 g/mol. The molecule has 0 radical (unpaired) electrons. The van der Waals surface area contributed by atoms with Crippen molar-refractivity contribution in [1.82, 2.24) is 0 Å². The van der Waals surface area contributed by atoms with E-state index >= 15 is 0 Å². The fourth-order valence-corrected chi connectivity index (χ4v) is 17.1. The molecule has 0 saturated heterocycles. The Bertz CT molecular complexity index is 1750. The van der Waals surface area contributed by atoms with E-state index in [9.17, 15) is 0 Å². The van der Waals surface area contributed by atoms with Crippen molar-refractivity contribution in [1.29, 1.82) is 0 Å². The van der Waals surface area contributed by atoms with E-state index in [2.05, 4.69) is 60.7 Å². The molecule has 13 aliphatic carbocycles. The summed E-state index contributed by atoms with van der Waals surface area (Å²) in [6.45, 7) is 0. The van der Waals surface area contributed by atoms with Crippen molar-refractivity contribution in [3.8, 4) is 0 Å². The number of hydrogen-bond acceptors (Lipinski definition) is 0. The van der Waals surface area contributed by atoms with Gasteiger partial charge in [0.1, 0.15) is 0 Å². The van der Waals surface area contributed by atoms with Gasteiger partial charge < -0.3 is 0 Å². The largest absolute Gasteiger partial charge is 0.0620 e. The van der Waals surface area contributed by atoms with Gasteiger partial charge in [-0.25, -0.2) is 0 Å². The minimum Gasteiger partial charge on any atom is -0.0620 e. The van der Waals surface area contributed by atoms with Crippen molar-refractivity contribution < 1.29 is 0 Å². The van der Waals surface area contributed by atoms with Crippen LogP contribution in [0.1, 0.15) is 327 Å². The molecule has 0 amide bonds. The van der Waals surface area contributed by atoms with Crippen molar-refractivity contribution in [2.24, 2.45) is 35.5 Å². The first-order chi connectivity index (χ1) is 37.8. The lowest BCUT2D eigenvalue weighted by Gasteiger charge is -2.35. The molecule has 0 N–H and O–H groups in total. The standard InChI is InChI=1S/C12H14.C10H18.C10H12.C9H16.C9H10.C8H14.C7H14.C6H12.C5H10/c1-3-9-7-11-5-2-6-12(11)8-10(9)4-1;2*1-2-6-10-8-4-3-7-9(10)5-1;2*1-2-5-9-7-3-6-8(9)4-1;1-3-7-5-2-6-8(7)4-1;1-2-4-6-7-5-3-1;1-2-4-6-5-3-1;1-2-4-5-3-1/h7-8H,1-6H2;9-10H,1-8H2;1-2,5-6H,3-4,7-8H2;8-9H,1-7H2;1-2,4-5H,3,6-7H2;7-8H,1-6H2;1-7H2;1-6H2;1-5H2. The summed E-state index contributed by atoms with van der Waals surface area (Å²) in [7, 11) is 0. The molecule has 76 heavy (non-hydrogen) atoms. The van der Waals surface area contributed by atoms with E-state index in [1.54, 1.807) is 122 Å². The second kappa shape index (κ2) is 36.1. The predicted octanol–water partition coefficient (Wildman–Crippen LogP) is 23.4. The third kappa shape index (κ3) is 21.3. The number of hydrogen-bond donors (Lipinski definition) is 0. The van der Waals surface area contributed by atoms with Gasteiger partial charge in [0.15, 0.2) is 0 Å². The van der Waals surface area contributed by atoms with Gasteiger partial charge in [-0.2, -0.15) is 0 Å². The van der Waals surface area contributed by atoms with Crippen LogP contribution in [0.5, 0.6) is 0 Å². The van der Waals surface area contributed by atoms with Crippen LogP contribution < -0.4 is 0 Å². The second-order valence-corrected chi connectivity index (χ2v) is 27.3. The molecule has 2 unspecified atom stereocenters. The molecule has 13 aliphatic rings. The Morgan fingerprint density at radius 1 is 0.158 bits per heavy atom. The molecule has 0 heteroatoms. The average Bonchev–Trinajstić information content (AvgIpc) is 4.37. The molecular formula is C76H120. The Hall–Kier alpha value is -2.34. The van der Waals surface area contributed by atoms with Gasteiger partial charge in [-0.05, 0) is 163 Å². The smallest absolute Gasteiger partial charge is 0.0273 e. The van der Waals surface area contributed by atoms with Gasteiger partial charge in [-0.1, -0.05) is 311 Å². The van der Waals surface area contributed by atoms with E-state index in [0.29, 0.717) is 0 Å². The molecule has 2 atom stereocenters. The molecule has 3 aromatic carbocycles. The number of benzene rings is 3. The highest BCUT2D eigenvalue weighted by Gasteiger charge is 2.31. The zero-order valence-electron chi connectivity index (χ0n) is 50.0. The summed E-state index contributed by atoms with van der Waals surface area (Å²) < 4.78 is 0. The van der Waals surface area contributed by atoms with Crippen LogP contribution in [0.3, 0.4) is 0 Å². The van der Waals surface area contributed by atoms with E-state index in [1.807, 2.05) is 0 Å². The van der Waals surface area contributed by atoms with E-state index < -0.39 is 0 Å². The first-order valence-electron chi connectivity index (χ1n) is 35.0. The fourth-order valence-electron chi connectivity index (χ4n) is 17.1. The maximum Gasteiger partial charge on any atom is -0.0273 e. The van der Waals surface area contributed by atoms with Crippen LogP contribution in [0.25, 0.3) is 0 Å². The molecule has 0 aromatic heterocycles. The summed E-state index contributed by atoms with van der Waals surface area (Å²) in [5.74, 6) is 6.99. The van der Waals surface area contributed by atoms with E-state index in [4.69, 9.17) is 0 Å². The molecule has 9 saturated carbocycles. The zero-order valence-corrected chi connectivity index (χ0v) is 50.0. The quantitative estimate of drug-likeness (QED) is 0.197. The predicted molar refractivity (Wildman–Crippen MR) is 333 cm³/mol. The van der Waals surface area contributed by atoms with Crippen LogP contribution in [0, 0.1) is 35.5 Å². The van der Waals surface area contributed by atoms with Crippen LogP contribution >= 0.6 is 0 Å². The van der Waals surface area contributed by atoms with Crippen molar-refractivity contribution in [3.05, 3.63) is 105 Å². The highest BCUT2D eigenvalue weighted by atomic mass is 14.4. The maximum atomic E-state index is 2.48. The highest BCUT2D eigenvalue weighted by molar-refractivity contribution is 5.43. The molecule has 3 aromatic rings. The van der Waals surface area contributed by atoms with Crippen LogP contribution in [0.15, 0.2) is 60.7 Å². The molecule has 16 rings (SSSR count). The SMILES string of the molecule is C1CC2CCCC2C1.C1CCC2CCCC2C1.C1CCC2CCCCC2C1.C1CCCC1.C1CCCCC1.C1CCCCCC1.c1c2c(cc3c1CCC3)CCC2.c1ccc2c(c1)CCC2.c1ccc2c(c1)CCCC2. The lowest BCUT2D eigenvalue weighted by Crippen LogP contribution is -2.22. The number of aryl methyl sites for hydroxylation is 8. The van der Waals surface area contributed by atoms with E-state index in [0.717, 1.165) is 11.8 Å². The third-order valence-electron chi connectivity index (χ3n) is 21.7. The Morgan fingerprint density at radius 2 is 0.329 bits per heavy atom. The highest BCUT2D eigenvalue weighted by Crippen LogP contribution is 2.44. The normalized spacial score (nSPS) is 27.9. The number of rotatable bonds is 0. The Balaban J connectivity index is 0.000000114. The van der Waals surface area contributed by atoms with Gasteiger partial charge >= 0.3 is 0 Å². The first-order valence-corrected chi connectivity index (χ1v) is 35.0. The summed E-state index contributed by atoms with van der Waals surface area (Å²) in [5, 5.41) is 0. The third-order valence-corrected chi connectivity index (χ3v) is 21.7. The summed E-state index contributed by atoms with van der Waals surface area (Å²) >= 11 is 0. The van der Waals surface area contributed by atoms with Gasteiger partial charge in [0.05, 0.1) is 0 Å². The minimum absolute atomic E-state index is 1.16. The topological polar surface area (TPSA) is 0 Å². The minimum atomic E-state index is 1.16. The average molecular weight is 1030 g/mol. The summed E-state index contributed by atoms with van der Waals surface area (Å²) in [5.41, 5.74) is 12.9. The molecule has 0 spiro atoms. The molecule has 0 bridgehead atoms. The Morgan fingerprint density at radius 3 is 0.539 bits per heavy atom. The first kappa shape index (κ1) is 59.8. The van der Waals surface area contributed by atoms with E-state index in [1.165, 1.54) is 281 Å². The van der Waals surface area contributed by atoms with Crippen LogP contribution in [0.4, 0.5) is 0 Å². The molecular weight excluding hydrogens is 913 g/mol. The van der Waals surface area contributed by atoms with E-state index in [-0.39, 0.29) is 0 Å². The summed E-state index contributed by atoms with van der Waals surface area (Å²) in [6.07, 6.45) is 77.0. The van der Waals surface area contributed by atoms with Crippen molar-refractivity contribution in [2.75, 3.05) is 0 Å². The molecule has 0 heterocycles. The van der Waals surface area contributed by atoms with Crippen LogP contribution in [0.2, 0.25) is 0 Å². The molecule has 424 valence electrons. The second-order valence-electron chi connectivity index (χ2n) is 27.3. The Labute approximate surface area is 472 Å². The summed E-state index contributed by atoms with van der Waals surface area (Å²) in [4.78, 5) is 0. The molecule has 9 fully saturated rings. The van der Waals surface area contributed by atoms with Gasteiger partial charge in [-0.3, -0.25) is 0 Å². The lowest BCUT2D eigenvalue weighted by molar-refractivity contribution is 0.171. The maximum absolute atomic E-state index is 2.48. The van der Waals surface area contributed by atoms with Crippen molar-refractivity contribution in [2.45, 2.75) is 334 Å². The van der Waals surface area contributed by atoms with Gasteiger partial charge in [-0.15, -0.1) is 0 Å². The van der Waals surface area contributed by atoms with Gasteiger partial charge in [0.25, 0.3) is 0 Å². The van der Waals surface area contributed by atoms with Gasteiger partial charge in [0.2, 0.25) is 0 Å². The Kier molecular flexibility index (Phi) is 28.4.